The SMILES string of the molecule is CC/C(C)=C\CN(C)c1cc(C23CC2CC[C@@H](C)[C@@H](c2ccccc2)C3)cc(Cl)c1C. The molecule has 0 radical (unpaired) electrons. The number of hydrogen-bond acceptors (Lipinski definition) is 1. The van der Waals surface area contributed by atoms with Gasteiger partial charge in [-0.2, -0.15) is 0 Å². The number of allylic oxidation sites excluding steroid dienone is 1. The summed E-state index contributed by atoms with van der Waals surface area (Å²) in [5, 5.41) is 0.920. The number of rotatable bonds is 6. The Balaban J connectivity index is 1.68. The number of nitrogens with zero attached hydrogens (tertiary/aromatic N) is 1. The average Bonchev–Trinajstić information content (AvgIpc) is 3.51. The Labute approximate surface area is 194 Å². The molecule has 2 aliphatic rings. The van der Waals surface area contributed by atoms with Crippen LogP contribution in [0.3, 0.4) is 0 Å². The Bertz CT molecular complexity index is 947. The van der Waals surface area contributed by atoms with E-state index in [1.54, 1.807) is 0 Å². The summed E-state index contributed by atoms with van der Waals surface area (Å²) >= 11 is 6.83. The Morgan fingerprint density at radius 3 is 2.61 bits per heavy atom. The van der Waals surface area contributed by atoms with Gasteiger partial charge < -0.3 is 4.90 Å². The second kappa shape index (κ2) is 9.02. The second-order valence-corrected chi connectivity index (χ2v) is 10.6. The van der Waals surface area contributed by atoms with Crippen LogP contribution in [0.5, 0.6) is 0 Å². The molecule has 0 amide bonds. The molecule has 2 heteroatoms. The number of hydrogen-bond donors (Lipinski definition) is 0. The number of likely N-dealkylation sites (N-methyl/N-ethyl adjacent to an activating group) is 1. The predicted octanol–water partition coefficient (Wildman–Crippen LogP) is 8.30. The van der Waals surface area contributed by atoms with Crippen LogP contribution in [0.4, 0.5) is 5.69 Å². The van der Waals surface area contributed by atoms with E-state index < -0.39 is 0 Å². The predicted molar refractivity (Wildman–Crippen MR) is 135 cm³/mol. The quantitative estimate of drug-likeness (QED) is 0.412. The lowest BCUT2D eigenvalue weighted by Crippen LogP contribution is -2.21. The Morgan fingerprint density at radius 1 is 1.16 bits per heavy atom. The van der Waals surface area contributed by atoms with Crippen LogP contribution >= 0.6 is 11.6 Å². The highest BCUT2D eigenvalue weighted by Crippen LogP contribution is 2.65. The van der Waals surface area contributed by atoms with Crippen molar-refractivity contribution in [2.75, 3.05) is 18.5 Å². The molecule has 1 nitrogen and oxygen atoms in total. The Hall–Kier alpha value is -1.73. The maximum absolute atomic E-state index is 6.83. The molecule has 0 bridgehead atoms. The van der Waals surface area contributed by atoms with E-state index in [0.29, 0.717) is 11.3 Å². The molecular formula is C29H38ClN. The fraction of sp³-hybridized carbons (Fsp3) is 0.517. The molecule has 0 N–H and O–H groups in total. The van der Waals surface area contributed by atoms with E-state index in [-0.39, 0.29) is 0 Å². The van der Waals surface area contributed by atoms with Crippen molar-refractivity contribution < 1.29 is 0 Å². The summed E-state index contributed by atoms with van der Waals surface area (Å²) in [6.45, 7) is 9.99. The molecule has 166 valence electrons. The van der Waals surface area contributed by atoms with Gasteiger partial charge in [0.05, 0.1) is 0 Å². The van der Waals surface area contributed by atoms with Crippen molar-refractivity contribution >= 4 is 17.3 Å². The number of benzene rings is 2. The molecule has 0 aromatic heterocycles. The minimum Gasteiger partial charge on any atom is -0.371 e. The van der Waals surface area contributed by atoms with Crippen LogP contribution in [0.2, 0.25) is 5.02 Å². The van der Waals surface area contributed by atoms with Crippen LogP contribution in [0, 0.1) is 18.8 Å². The minimum atomic E-state index is 0.299. The standard InChI is InChI=1S/C29H38ClN/c1-6-20(2)14-15-31(5)28-17-25(16-27(30)22(28)4)29-18-24(29)13-12-21(3)26(19-29)23-10-8-7-9-11-23/h7-11,14,16-17,21,24,26H,6,12-13,15,18-19H2,1-5H3/b20-14-/t21-,24?,26+,29?/m1/s1. The molecule has 0 heterocycles. The molecule has 2 saturated carbocycles. The normalized spacial score (nSPS) is 28.1. The van der Waals surface area contributed by atoms with Gasteiger partial charge in [-0.15, -0.1) is 0 Å². The maximum atomic E-state index is 6.83. The first kappa shape index (κ1) is 22.5. The van der Waals surface area contributed by atoms with E-state index >= 15 is 0 Å². The van der Waals surface area contributed by atoms with E-state index in [0.717, 1.165) is 29.8 Å². The van der Waals surface area contributed by atoms with E-state index in [1.165, 1.54) is 53.6 Å². The van der Waals surface area contributed by atoms with E-state index in [1.807, 2.05) is 0 Å². The van der Waals surface area contributed by atoms with Crippen molar-refractivity contribution in [3.8, 4) is 0 Å². The molecule has 0 spiro atoms. The van der Waals surface area contributed by atoms with Gasteiger partial charge in [-0.1, -0.05) is 67.4 Å². The van der Waals surface area contributed by atoms with Gasteiger partial charge >= 0.3 is 0 Å². The van der Waals surface area contributed by atoms with E-state index in [4.69, 9.17) is 11.6 Å². The molecule has 2 aromatic rings. The molecule has 2 unspecified atom stereocenters. The number of anilines is 1. The van der Waals surface area contributed by atoms with Crippen molar-refractivity contribution in [1.29, 1.82) is 0 Å². The maximum Gasteiger partial charge on any atom is 0.0458 e. The zero-order chi connectivity index (χ0) is 22.2. The average molecular weight is 436 g/mol. The zero-order valence-corrected chi connectivity index (χ0v) is 20.7. The lowest BCUT2D eigenvalue weighted by Gasteiger charge is -2.29. The highest BCUT2D eigenvalue weighted by molar-refractivity contribution is 6.31. The van der Waals surface area contributed by atoms with Crippen molar-refractivity contribution in [2.45, 2.75) is 71.1 Å². The Kier molecular flexibility index (Phi) is 6.54. The van der Waals surface area contributed by atoms with E-state index in [2.05, 4.69) is 88.2 Å². The topological polar surface area (TPSA) is 3.24 Å². The summed E-state index contributed by atoms with van der Waals surface area (Å²) in [4.78, 5) is 2.37. The molecule has 2 fully saturated rings. The molecule has 2 aromatic carbocycles. The third-order valence-electron chi connectivity index (χ3n) is 8.28. The first-order valence-corrected chi connectivity index (χ1v) is 12.5. The summed E-state index contributed by atoms with van der Waals surface area (Å²) in [6.07, 6.45) is 8.70. The minimum absolute atomic E-state index is 0.299. The molecule has 4 atom stereocenters. The van der Waals surface area contributed by atoms with Gasteiger partial charge in [0.15, 0.2) is 0 Å². The third-order valence-corrected chi connectivity index (χ3v) is 8.67. The molecule has 0 saturated heterocycles. The summed E-state index contributed by atoms with van der Waals surface area (Å²) in [7, 11) is 2.20. The summed E-state index contributed by atoms with van der Waals surface area (Å²) < 4.78 is 0. The fourth-order valence-corrected chi connectivity index (χ4v) is 5.98. The number of fused-ring (bicyclic) bond motifs is 1. The van der Waals surface area contributed by atoms with Crippen LogP contribution < -0.4 is 4.90 Å². The van der Waals surface area contributed by atoms with Gasteiger partial charge in [-0.05, 0) is 97.9 Å². The van der Waals surface area contributed by atoms with Gasteiger partial charge in [0.25, 0.3) is 0 Å². The summed E-state index contributed by atoms with van der Waals surface area (Å²) in [6, 6.07) is 16.0. The van der Waals surface area contributed by atoms with Crippen molar-refractivity contribution in [3.63, 3.8) is 0 Å². The monoisotopic (exact) mass is 435 g/mol. The third kappa shape index (κ3) is 4.44. The summed E-state index contributed by atoms with van der Waals surface area (Å²) in [5.41, 5.74) is 7.21. The van der Waals surface area contributed by atoms with Gasteiger partial charge in [0.2, 0.25) is 0 Å². The molecule has 31 heavy (non-hydrogen) atoms. The van der Waals surface area contributed by atoms with Crippen LogP contribution in [0.25, 0.3) is 0 Å². The number of halogens is 1. The van der Waals surface area contributed by atoms with Gasteiger partial charge in [0, 0.05) is 24.3 Å². The van der Waals surface area contributed by atoms with Gasteiger partial charge in [-0.3, -0.25) is 0 Å². The van der Waals surface area contributed by atoms with Crippen LogP contribution in [-0.4, -0.2) is 13.6 Å². The first-order chi connectivity index (χ1) is 14.9. The van der Waals surface area contributed by atoms with Crippen LogP contribution in [0.1, 0.15) is 75.5 Å². The Morgan fingerprint density at radius 2 is 1.90 bits per heavy atom. The molecular weight excluding hydrogens is 398 g/mol. The van der Waals surface area contributed by atoms with E-state index in [9.17, 15) is 0 Å². The zero-order valence-electron chi connectivity index (χ0n) is 19.9. The smallest absolute Gasteiger partial charge is 0.0458 e. The fourth-order valence-electron chi connectivity index (χ4n) is 5.77. The van der Waals surface area contributed by atoms with Crippen LogP contribution in [0.15, 0.2) is 54.1 Å². The lowest BCUT2D eigenvalue weighted by atomic mass is 9.77. The largest absolute Gasteiger partial charge is 0.371 e. The first-order valence-electron chi connectivity index (χ1n) is 12.1. The van der Waals surface area contributed by atoms with Crippen molar-refractivity contribution in [2.24, 2.45) is 11.8 Å². The highest BCUT2D eigenvalue weighted by atomic mass is 35.5. The summed E-state index contributed by atoms with van der Waals surface area (Å²) in [5.74, 6) is 2.17. The molecule has 2 aliphatic carbocycles. The second-order valence-electron chi connectivity index (χ2n) is 10.2. The van der Waals surface area contributed by atoms with Crippen molar-refractivity contribution in [3.05, 3.63) is 75.8 Å². The van der Waals surface area contributed by atoms with Gasteiger partial charge in [0.1, 0.15) is 0 Å². The highest BCUT2D eigenvalue weighted by Gasteiger charge is 2.57. The van der Waals surface area contributed by atoms with Crippen LogP contribution in [-0.2, 0) is 5.41 Å². The molecule has 4 rings (SSSR count). The van der Waals surface area contributed by atoms with Gasteiger partial charge in [-0.25, -0.2) is 0 Å². The molecule has 0 aliphatic heterocycles. The lowest BCUT2D eigenvalue weighted by molar-refractivity contribution is 0.400. The van der Waals surface area contributed by atoms with Crippen molar-refractivity contribution in [1.82, 2.24) is 0 Å².